The van der Waals surface area contributed by atoms with Crippen LogP contribution in [0.25, 0.3) is 0 Å². The third-order valence-corrected chi connectivity index (χ3v) is 3.49. The number of hydrogen-bond donors (Lipinski definition) is 1. The van der Waals surface area contributed by atoms with Crippen LogP contribution in [-0.4, -0.2) is 66.1 Å². The Kier molecular flexibility index (Phi) is 6.14. The maximum Gasteiger partial charge on any atom is 0.409 e. The molecule has 0 spiro atoms. The normalized spacial score (nSPS) is 14.8. The molecule has 1 saturated heterocycles. The molecule has 0 aromatic carbocycles. The molecule has 1 aliphatic heterocycles. The van der Waals surface area contributed by atoms with Crippen LogP contribution in [0.3, 0.4) is 0 Å². The van der Waals surface area contributed by atoms with Crippen LogP contribution in [0.15, 0.2) is 24.5 Å². The molecule has 0 saturated carbocycles. The summed E-state index contributed by atoms with van der Waals surface area (Å²) in [6, 6.07) is 3.83. The molecule has 2 rings (SSSR count). The van der Waals surface area contributed by atoms with Gasteiger partial charge in [0.1, 0.15) is 0 Å². The highest BCUT2D eigenvalue weighted by Gasteiger charge is 2.24. The van der Waals surface area contributed by atoms with Gasteiger partial charge in [0.25, 0.3) is 0 Å². The van der Waals surface area contributed by atoms with Gasteiger partial charge in [0.2, 0.25) is 5.91 Å². The van der Waals surface area contributed by atoms with E-state index in [1.807, 2.05) is 12.1 Å². The fourth-order valence-corrected chi connectivity index (χ4v) is 2.28. The molecule has 22 heavy (non-hydrogen) atoms. The third kappa shape index (κ3) is 4.70. The van der Waals surface area contributed by atoms with Gasteiger partial charge in [-0.05, 0) is 18.6 Å². The van der Waals surface area contributed by atoms with Gasteiger partial charge in [-0.2, -0.15) is 0 Å². The van der Waals surface area contributed by atoms with Gasteiger partial charge in [-0.1, -0.05) is 6.07 Å². The summed E-state index contributed by atoms with van der Waals surface area (Å²) in [6.45, 7) is 5.19. The lowest BCUT2D eigenvalue weighted by Gasteiger charge is -2.34. The number of amides is 2. The van der Waals surface area contributed by atoms with Gasteiger partial charge in [0, 0.05) is 45.1 Å². The first-order valence-corrected chi connectivity index (χ1v) is 7.49. The Morgan fingerprint density at radius 2 is 2.00 bits per heavy atom. The fraction of sp³-hybridized carbons (Fsp3) is 0.533. The average molecular weight is 306 g/mol. The van der Waals surface area contributed by atoms with Gasteiger partial charge >= 0.3 is 6.09 Å². The number of aromatic nitrogens is 1. The molecule has 0 atom stereocenters. The highest BCUT2D eigenvalue weighted by molar-refractivity contribution is 5.78. The number of piperazine rings is 1. The molecule has 2 heterocycles. The van der Waals surface area contributed by atoms with Crippen molar-refractivity contribution in [2.45, 2.75) is 13.5 Å². The molecule has 0 bridgehead atoms. The lowest BCUT2D eigenvalue weighted by Crippen LogP contribution is -2.52. The first kappa shape index (κ1) is 16.2. The van der Waals surface area contributed by atoms with E-state index in [4.69, 9.17) is 4.74 Å². The van der Waals surface area contributed by atoms with Crippen molar-refractivity contribution in [3.63, 3.8) is 0 Å². The molecule has 0 radical (unpaired) electrons. The predicted octanol–water partition coefficient (Wildman–Crippen LogP) is 0.472. The van der Waals surface area contributed by atoms with Gasteiger partial charge in [0.15, 0.2) is 0 Å². The van der Waals surface area contributed by atoms with E-state index in [2.05, 4.69) is 10.3 Å². The Hall–Kier alpha value is -2.15. The minimum absolute atomic E-state index is 0.0485. The van der Waals surface area contributed by atoms with E-state index in [0.29, 0.717) is 39.3 Å². The Bertz CT molecular complexity index is 487. The van der Waals surface area contributed by atoms with E-state index in [-0.39, 0.29) is 18.5 Å². The Morgan fingerprint density at radius 1 is 1.27 bits per heavy atom. The smallest absolute Gasteiger partial charge is 0.409 e. The Balaban J connectivity index is 1.68. The Labute approximate surface area is 130 Å². The molecule has 1 aliphatic rings. The topological polar surface area (TPSA) is 74.8 Å². The van der Waals surface area contributed by atoms with Crippen molar-refractivity contribution in [1.82, 2.24) is 20.1 Å². The van der Waals surface area contributed by atoms with Crippen LogP contribution in [0.2, 0.25) is 0 Å². The zero-order valence-corrected chi connectivity index (χ0v) is 12.8. The molecule has 1 fully saturated rings. The molecule has 0 unspecified atom stereocenters. The van der Waals surface area contributed by atoms with Gasteiger partial charge in [0.05, 0.1) is 13.2 Å². The molecular weight excluding hydrogens is 284 g/mol. The zero-order valence-electron chi connectivity index (χ0n) is 12.8. The van der Waals surface area contributed by atoms with E-state index in [1.54, 1.807) is 29.1 Å². The number of carbonyl (C=O) groups excluding carboxylic acids is 2. The Morgan fingerprint density at radius 3 is 2.64 bits per heavy atom. The summed E-state index contributed by atoms with van der Waals surface area (Å²) in [7, 11) is 0. The summed E-state index contributed by atoms with van der Waals surface area (Å²) in [5.41, 5.74) is 1.04. The summed E-state index contributed by atoms with van der Waals surface area (Å²) in [5, 5.41) is 3.12. The summed E-state index contributed by atoms with van der Waals surface area (Å²) < 4.78 is 4.96. The third-order valence-electron chi connectivity index (χ3n) is 3.49. The first-order chi connectivity index (χ1) is 10.7. The number of pyridine rings is 1. The van der Waals surface area contributed by atoms with E-state index in [1.165, 1.54) is 0 Å². The molecule has 7 heteroatoms. The number of ether oxygens (including phenoxy) is 1. The fourth-order valence-electron chi connectivity index (χ4n) is 2.28. The number of rotatable bonds is 5. The molecule has 2 amide bonds. The van der Waals surface area contributed by atoms with Crippen LogP contribution in [0, 0.1) is 0 Å². The van der Waals surface area contributed by atoms with Crippen molar-refractivity contribution < 1.29 is 14.3 Å². The second-order valence-electron chi connectivity index (χ2n) is 5.03. The molecule has 1 N–H and O–H groups in total. The number of nitrogens with zero attached hydrogens (tertiary/aromatic N) is 3. The summed E-state index contributed by atoms with van der Waals surface area (Å²) in [4.78, 5) is 31.1. The van der Waals surface area contributed by atoms with E-state index in [9.17, 15) is 9.59 Å². The molecule has 7 nitrogen and oxygen atoms in total. The predicted molar refractivity (Wildman–Crippen MR) is 81.1 cm³/mol. The van der Waals surface area contributed by atoms with Gasteiger partial charge < -0.3 is 19.9 Å². The zero-order chi connectivity index (χ0) is 15.8. The van der Waals surface area contributed by atoms with Crippen molar-refractivity contribution in [2.75, 3.05) is 39.3 Å². The monoisotopic (exact) mass is 306 g/mol. The largest absolute Gasteiger partial charge is 0.450 e. The highest BCUT2D eigenvalue weighted by Crippen LogP contribution is 2.04. The minimum Gasteiger partial charge on any atom is -0.450 e. The van der Waals surface area contributed by atoms with E-state index >= 15 is 0 Å². The standard InChI is InChI=1S/C15H22N4O3/c1-2-22-15(21)19-8-6-18(7-9-19)14(20)12-17-11-13-4-3-5-16-10-13/h3-5,10,17H,2,6-9,11-12H2,1H3. The van der Waals surface area contributed by atoms with Crippen LogP contribution < -0.4 is 5.32 Å². The van der Waals surface area contributed by atoms with Gasteiger partial charge in [-0.25, -0.2) is 4.79 Å². The SMILES string of the molecule is CCOC(=O)N1CCN(C(=O)CNCc2cccnc2)CC1. The van der Waals surface area contributed by atoms with Crippen molar-refractivity contribution >= 4 is 12.0 Å². The second kappa shape index (κ2) is 8.33. The lowest BCUT2D eigenvalue weighted by molar-refractivity contribution is -0.131. The summed E-state index contributed by atoms with van der Waals surface area (Å²) in [6.07, 6.45) is 3.19. The van der Waals surface area contributed by atoms with Gasteiger partial charge in [-0.15, -0.1) is 0 Å². The van der Waals surface area contributed by atoms with Crippen LogP contribution in [0.1, 0.15) is 12.5 Å². The number of nitrogens with one attached hydrogen (secondary N) is 1. The van der Waals surface area contributed by atoms with Crippen LogP contribution in [-0.2, 0) is 16.1 Å². The number of hydrogen-bond acceptors (Lipinski definition) is 5. The minimum atomic E-state index is -0.302. The quantitative estimate of drug-likeness (QED) is 0.856. The van der Waals surface area contributed by atoms with Crippen molar-refractivity contribution in [3.8, 4) is 0 Å². The molecular formula is C15H22N4O3. The van der Waals surface area contributed by atoms with Crippen molar-refractivity contribution in [3.05, 3.63) is 30.1 Å². The maximum absolute atomic E-state index is 12.1. The molecule has 120 valence electrons. The van der Waals surface area contributed by atoms with Crippen LogP contribution in [0.5, 0.6) is 0 Å². The summed E-state index contributed by atoms with van der Waals surface area (Å²) in [5.74, 6) is 0.0485. The van der Waals surface area contributed by atoms with E-state index < -0.39 is 0 Å². The maximum atomic E-state index is 12.1. The van der Waals surface area contributed by atoms with E-state index in [0.717, 1.165) is 5.56 Å². The molecule has 1 aromatic heterocycles. The second-order valence-corrected chi connectivity index (χ2v) is 5.03. The highest BCUT2D eigenvalue weighted by atomic mass is 16.6. The summed E-state index contributed by atoms with van der Waals surface area (Å²) >= 11 is 0. The van der Waals surface area contributed by atoms with Crippen molar-refractivity contribution in [1.29, 1.82) is 0 Å². The van der Waals surface area contributed by atoms with Crippen LogP contribution >= 0.6 is 0 Å². The van der Waals surface area contributed by atoms with Crippen LogP contribution in [0.4, 0.5) is 4.79 Å². The number of carbonyl (C=O) groups is 2. The lowest BCUT2D eigenvalue weighted by atomic mass is 10.3. The first-order valence-electron chi connectivity index (χ1n) is 7.49. The molecule has 0 aliphatic carbocycles. The average Bonchev–Trinajstić information content (AvgIpc) is 2.56. The van der Waals surface area contributed by atoms with Crippen molar-refractivity contribution in [2.24, 2.45) is 0 Å². The van der Waals surface area contributed by atoms with Gasteiger partial charge in [-0.3, -0.25) is 9.78 Å². The molecule has 1 aromatic rings.